The molecule has 2 bridgehead atoms. The van der Waals surface area contributed by atoms with E-state index in [-0.39, 0.29) is 23.7 Å². The van der Waals surface area contributed by atoms with Gasteiger partial charge < -0.3 is 29.3 Å². The number of piperidine rings is 1. The minimum atomic E-state index is -0.782. The number of amides is 1. The Hall–Kier alpha value is -4.05. The number of primary amides is 1. The lowest BCUT2D eigenvalue weighted by Gasteiger charge is -2.42. The van der Waals surface area contributed by atoms with Gasteiger partial charge in [0.15, 0.2) is 17.3 Å². The van der Waals surface area contributed by atoms with Crippen molar-refractivity contribution >= 4 is 5.91 Å². The first-order chi connectivity index (χ1) is 18.4. The third-order valence-electron chi connectivity index (χ3n) is 7.63. The topological polar surface area (TPSA) is 137 Å². The van der Waals surface area contributed by atoms with Crippen molar-refractivity contribution in [1.82, 2.24) is 9.47 Å². The number of benzene rings is 1. The maximum Gasteiger partial charge on any atom is 0.250 e. The molecule has 0 radical (unpaired) electrons. The number of carbonyl (C=O) groups excluding carboxylic acids is 1. The van der Waals surface area contributed by atoms with Gasteiger partial charge in [-0.2, -0.15) is 0 Å². The van der Waals surface area contributed by atoms with Gasteiger partial charge in [0, 0.05) is 49.8 Å². The van der Waals surface area contributed by atoms with Crippen LogP contribution in [-0.4, -0.2) is 46.8 Å². The van der Waals surface area contributed by atoms with E-state index in [0.29, 0.717) is 61.6 Å². The molecule has 1 aromatic carbocycles. The summed E-state index contributed by atoms with van der Waals surface area (Å²) in [7, 11) is 0. The van der Waals surface area contributed by atoms with Crippen molar-refractivity contribution in [3.63, 3.8) is 0 Å². The number of likely N-dealkylation sites (tertiary alicyclic amines) is 1. The molecule has 0 spiro atoms. The molecule has 3 atom stereocenters. The molecule has 198 valence electrons. The Labute approximate surface area is 218 Å². The van der Waals surface area contributed by atoms with Gasteiger partial charge in [0.1, 0.15) is 19.0 Å². The molecule has 1 amide bonds. The third kappa shape index (κ3) is 4.56. The zero-order chi connectivity index (χ0) is 26.4. The van der Waals surface area contributed by atoms with Gasteiger partial charge in [-0.05, 0) is 36.1 Å². The molecule has 0 saturated carbocycles. The number of nitrogens with zero attached hydrogens (tertiary/aromatic N) is 2. The largest absolute Gasteiger partial charge is 0.502 e. The number of aromatic nitrogens is 1. The van der Waals surface area contributed by atoms with E-state index in [1.165, 1.54) is 6.07 Å². The highest BCUT2D eigenvalue weighted by atomic mass is 16.6. The van der Waals surface area contributed by atoms with E-state index >= 15 is 0 Å². The molecule has 6 rings (SSSR count). The summed E-state index contributed by atoms with van der Waals surface area (Å²) in [6.07, 6.45) is 0.842. The highest BCUT2D eigenvalue weighted by Crippen LogP contribution is 2.39. The van der Waals surface area contributed by atoms with Crippen LogP contribution < -0.4 is 26.2 Å². The van der Waals surface area contributed by atoms with E-state index in [0.717, 1.165) is 18.7 Å². The molecule has 5 heterocycles. The van der Waals surface area contributed by atoms with Crippen LogP contribution in [0.15, 0.2) is 56.5 Å². The van der Waals surface area contributed by atoms with Gasteiger partial charge in [-0.3, -0.25) is 19.3 Å². The summed E-state index contributed by atoms with van der Waals surface area (Å²) in [5, 5.41) is 10.7. The Morgan fingerprint density at radius 3 is 2.68 bits per heavy atom. The van der Waals surface area contributed by atoms with Crippen molar-refractivity contribution in [2.45, 2.75) is 37.8 Å². The van der Waals surface area contributed by atoms with Crippen molar-refractivity contribution in [2.24, 2.45) is 11.7 Å². The zero-order valence-electron chi connectivity index (χ0n) is 20.8. The summed E-state index contributed by atoms with van der Waals surface area (Å²) in [5.41, 5.74) is 6.64. The zero-order valence-corrected chi connectivity index (χ0v) is 20.8. The molecule has 38 heavy (non-hydrogen) atoms. The first-order valence-electron chi connectivity index (χ1n) is 12.8. The van der Waals surface area contributed by atoms with Crippen LogP contribution in [0, 0.1) is 5.92 Å². The van der Waals surface area contributed by atoms with Crippen molar-refractivity contribution in [1.29, 1.82) is 0 Å². The summed E-state index contributed by atoms with van der Waals surface area (Å²) >= 11 is 0. The average molecular weight is 520 g/mol. The number of nitrogens with two attached hydrogens (primary N) is 1. The summed E-state index contributed by atoms with van der Waals surface area (Å²) in [5.74, 6) is 0.0730. The predicted octanol–water partition coefficient (Wildman–Crippen LogP) is 1.90. The van der Waals surface area contributed by atoms with Crippen molar-refractivity contribution in [2.75, 3.05) is 26.3 Å². The number of ether oxygens (including phenoxy) is 2. The maximum atomic E-state index is 12.8. The predicted molar refractivity (Wildman–Crippen MR) is 137 cm³/mol. The number of pyridine rings is 1. The molecule has 3 aliphatic rings. The van der Waals surface area contributed by atoms with Crippen molar-refractivity contribution in [3.8, 4) is 17.2 Å². The Morgan fingerprint density at radius 1 is 1.05 bits per heavy atom. The lowest BCUT2D eigenvalue weighted by molar-refractivity contribution is -0.118. The van der Waals surface area contributed by atoms with Crippen LogP contribution in [0.4, 0.5) is 0 Å². The van der Waals surface area contributed by atoms with Crippen molar-refractivity contribution in [3.05, 3.63) is 85.8 Å². The molecular weight excluding hydrogens is 490 g/mol. The smallest absolute Gasteiger partial charge is 0.250 e. The van der Waals surface area contributed by atoms with Crippen LogP contribution in [0.25, 0.3) is 0 Å². The first kappa shape index (κ1) is 24.3. The SMILES string of the molecule is NC(=O)CC(c1ccc2c(c1)OCCO2)c1oc(CN2C[C@H]3C[C@@H](C2)c2cccc(=O)n2C3)cc(=O)c1O. The van der Waals surface area contributed by atoms with E-state index in [1.54, 1.807) is 30.3 Å². The second kappa shape index (κ2) is 9.68. The average Bonchev–Trinajstić information content (AvgIpc) is 2.89. The van der Waals surface area contributed by atoms with Gasteiger partial charge in [-0.15, -0.1) is 0 Å². The fourth-order valence-electron chi connectivity index (χ4n) is 6.05. The fraction of sp³-hybridized carbons (Fsp3) is 0.393. The Kier molecular flexibility index (Phi) is 6.19. The monoisotopic (exact) mass is 519 g/mol. The lowest BCUT2D eigenvalue weighted by Crippen LogP contribution is -2.46. The molecule has 3 N–H and O–H groups in total. The Bertz CT molecular complexity index is 1510. The highest BCUT2D eigenvalue weighted by Gasteiger charge is 2.35. The number of aromatic hydroxyl groups is 1. The lowest BCUT2D eigenvalue weighted by atomic mass is 9.83. The molecule has 10 heteroatoms. The summed E-state index contributed by atoms with van der Waals surface area (Å²) in [6, 6.07) is 11.9. The summed E-state index contributed by atoms with van der Waals surface area (Å²) in [6.45, 7) is 3.32. The van der Waals surface area contributed by atoms with E-state index in [9.17, 15) is 19.5 Å². The minimum Gasteiger partial charge on any atom is -0.502 e. The summed E-state index contributed by atoms with van der Waals surface area (Å²) in [4.78, 5) is 39.4. The first-order valence-corrected chi connectivity index (χ1v) is 12.8. The standard InChI is InChI=1S/C28H29N3O7/c29-25(33)11-20(17-4-5-23-24(9-17)37-7-6-36-23)28-27(35)22(32)10-19(38-28)15-30-12-16-8-18(14-30)21-2-1-3-26(34)31(21)13-16/h1-5,9-10,16,18,20,35H,6-8,11-15H2,(H2,29,33)/t16-,18+,20?/m1/s1. The van der Waals surface area contributed by atoms with Gasteiger partial charge in [-0.1, -0.05) is 12.1 Å². The van der Waals surface area contributed by atoms with Crippen LogP contribution in [0.3, 0.4) is 0 Å². The minimum absolute atomic E-state index is 0.00270. The number of rotatable bonds is 6. The highest BCUT2D eigenvalue weighted by molar-refractivity contribution is 5.75. The van der Waals surface area contributed by atoms with Crippen LogP contribution in [0.2, 0.25) is 0 Å². The number of fused-ring (bicyclic) bond motifs is 5. The molecule has 10 nitrogen and oxygen atoms in total. The molecule has 3 aromatic rings. The van der Waals surface area contributed by atoms with Crippen LogP contribution in [0.1, 0.15) is 47.5 Å². The second-order valence-corrected chi connectivity index (χ2v) is 10.3. The van der Waals surface area contributed by atoms with Gasteiger partial charge in [0.25, 0.3) is 5.56 Å². The molecule has 1 saturated heterocycles. The molecule has 3 aliphatic heterocycles. The van der Waals surface area contributed by atoms with Gasteiger partial charge in [0.2, 0.25) is 17.1 Å². The van der Waals surface area contributed by atoms with Crippen LogP contribution in [0.5, 0.6) is 17.2 Å². The molecule has 1 fully saturated rings. The number of hydrogen-bond donors (Lipinski definition) is 2. The fourth-order valence-corrected chi connectivity index (χ4v) is 6.05. The van der Waals surface area contributed by atoms with Crippen LogP contribution in [-0.2, 0) is 17.9 Å². The van der Waals surface area contributed by atoms with E-state index in [2.05, 4.69) is 4.90 Å². The number of carbonyl (C=O) groups is 1. The Balaban J connectivity index is 1.31. The second-order valence-electron chi connectivity index (χ2n) is 10.3. The molecule has 1 unspecified atom stereocenters. The van der Waals surface area contributed by atoms with Crippen LogP contribution >= 0.6 is 0 Å². The maximum absolute atomic E-state index is 12.8. The molecular formula is C28H29N3O7. The third-order valence-corrected chi connectivity index (χ3v) is 7.63. The van der Waals surface area contributed by atoms with Gasteiger partial charge in [-0.25, -0.2) is 0 Å². The van der Waals surface area contributed by atoms with E-state index in [1.807, 2.05) is 10.6 Å². The van der Waals surface area contributed by atoms with Gasteiger partial charge in [0.05, 0.1) is 12.5 Å². The quantitative estimate of drug-likeness (QED) is 0.504. The Morgan fingerprint density at radius 2 is 1.87 bits per heavy atom. The van der Waals surface area contributed by atoms with Gasteiger partial charge >= 0.3 is 0 Å². The van der Waals surface area contributed by atoms with Crippen molar-refractivity contribution < 1.29 is 23.8 Å². The number of hydrogen-bond acceptors (Lipinski definition) is 8. The molecule has 0 aliphatic carbocycles. The normalized spacial score (nSPS) is 20.9. The summed E-state index contributed by atoms with van der Waals surface area (Å²) < 4.78 is 19.3. The molecule has 2 aromatic heterocycles. The van der Waals surface area contributed by atoms with E-state index in [4.69, 9.17) is 19.6 Å². The van der Waals surface area contributed by atoms with E-state index < -0.39 is 23.0 Å².